The zero-order valence-corrected chi connectivity index (χ0v) is 21.1. The molecule has 174 valence electrons. The van der Waals surface area contributed by atoms with E-state index in [1.807, 2.05) is 30.0 Å². The van der Waals surface area contributed by atoms with Crippen LogP contribution in [-0.2, 0) is 22.0 Å². The van der Waals surface area contributed by atoms with E-state index >= 15 is 0 Å². The van der Waals surface area contributed by atoms with Gasteiger partial charge in [0.1, 0.15) is 11.5 Å². The van der Waals surface area contributed by atoms with Gasteiger partial charge in [-0.2, -0.15) is 0 Å². The van der Waals surface area contributed by atoms with E-state index in [0.717, 1.165) is 53.1 Å². The Labute approximate surface area is 197 Å². The van der Waals surface area contributed by atoms with Gasteiger partial charge in [0.05, 0.1) is 6.61 Å². The lowest BCUT2D eigenvalue weighted by Gasteiger charge is -2.28. The Morgan fingerprint density at radius 1 is 0.969 bits per heavy atom. The lowest BCUT2D eigenvalue weighted by atomic mass is 9.79. The number of benzene rings is 2. The van der Waals surface area contributed by atoms with Crippen LogP contribution in [0.3, 0.4) is 0 Å². The zero-order valence-electron chi connectivity index (χ0n) is 20.3. The summed E-state index contributed by atoms with van der Waals surface area (Å²) in [6.07, 6.45) is 3.35. The van der Waals surface area contributed by atoms with Crippen molar-refractivity contribution in [1.29, 1.82) is 0 Å². The van der Waals surface area contributed by atoms with E-state index in [9.17, 15) is 9.90 Å². The summed E-state index contributed by atoms with van der Waals surface area (Å²) in [7, 11) is 0. The summed E-state index contributed by atoms with van der Waals surface area (Å²) in [5.74, 6) is 2.40. The number of fused-ring (bicyclic) bond motifs is 1. The van der Waals surface area contributed by atoms with E-state index in [4.69, 9.17) is 4.74 Å². The molecule has 0 radical (unpaired) electrons. The first-order valence-electron chi connectivity index (χ1n) is 11.5. The third-order valence-electron chi connectivity index (χ3n) is 5.75. The lowest BCUT2D eigenvalue weighted by molar-refractivity contribution is -0.116. The van der Waals surface area contributed by atoms with E-state index in [2.05, 4.69) is 59.0 Å². The Kier molecular flexibility index (Phi) is 7.49. The summed E-state index contributed by atoms with van der Waals surface area (Å²) < 4.78 is 5.94. The number of carbonyl (C=O) groups excluding carboxylic acids is 1. The molecule has 0 unspecified atom stereocenters. The summed E-state index contributed by atoms with van der Waals surface area (Å²) >= 11 is 1.85. The van der Waals surface area contributed by atoms with Crippen molar-refractivity contribution in [2.24, 2.45) is 0 Å². The minimum atomic E-state index is -0.105. The quantitative estimate of drug-likeness (QED) is 0.355. The highest BCUT2D eigenvalue weighted by Crippen LogP contribution is 2.41. The lowest BCUT2D eigenvalue weighted by Crippen LogP contribution is -2.18. The van der Waals surface area contributed by atoms with Gasteiger partial charge in [-0.1, -0.05) is 41.5 Å². The van der Waals surface area contributed by atoms with Crippen molar-refractivity contribution in [1.82, 2.24) is 0 Å². The summed E-state index contributed by atoms with van der Waals surface area (Å²) in [5, 5.41) is 13.8. The third-order valence-corrected chi connectivity index (χ3v) is 6.81. The highest BCUT2D eigenvalue weighted by molar-refractivity contribution is 7.99. The number of aryl methyl sites for hydroxylation is 1. The van der Waals surface area contributed by atoms with Crippen molar-refractivity contribution in [3.8, 4) is 11.5 Å². The molecule has 0 bridgehead atoms. The Hall–Kier alpha value is -2.14. The Morgan fingerprint density at radius 3 is 2.25 bits per heavy atom. The van der Waals surface area contributed by atoms with Gasteiger partial charge in [0.15, 0.2) is 0 Å². The molecule has 32 heavy (non-hydrogen) atoms. The van der Waals surface area contributed by atoms with Gasteiger partial charge in [-0.25, -0.2) is 0 Å². The maximum absolute atomic E-state index is 11.5. The van der Waals surface area contributed by atoms with Crippen LogP contribution >= 0.6 is 11.8 Å². The third kappa shape index (κ3) is 6.22. The predicted octanol–water partition coefficient (Wildman–Crippen LogP) is 6.82. The van der Waals surface area contributed by atoms with Crippen molar-refractivity contribution in [2.75, 3.05) is 17.7 Å². The van der Waals surface area contributed by atoms with E-state index in [1.54, 1.807) is 0 Å². The number of thioether (sulfide) groups is 1. The number of nitrogens with one attached hydrogen (secondary N) is 1. The normalized spacial score (nSPS) is 14.1. The second kappa shape index (κ2) is 9.78. The summed E-state index contributed by atoms with van der Waals surface area (Å²) in [6.45, 7) is 13.6. The molecule has 1 aliphatic heterocycles. The number of amides is 1. The van der Waals surface area contributed by atoms with Crippen LogP contribution in [0.25, 0.3) is 0 Å². The van der Waals surface area contributed by atoms with Gasteiger partial charge in [0.2, 0.25) is 5.91 Å². The Morgan fingerprint density at radius 2 is 1.62 bits per heavy atom. The molecule has 3 rings (SSSR count). The molecule has 2 aromatic carbocycles. The minimum absolute atomic E-state index is 0.0848. The van der Waals surface area contributed by atoms with Crippen LogP contribution in [0.2, 0.25) is 0 Å². The smallest absolute Gasteiger partial charge is 0.224 e. The van der Waals surface area contributed by atoms with E-state index in [1.165, 1.54) is 4.90 Å². The molecule has 5 heteroatoms. The molecule has 2 aromatic rings. The van der Waals surface area contributed by atoms with Gasteiger partial charge in [0, 0.05) is 28.1 Å². The highest BCUT2D eigenvalue weighted by Gasteiger charge is 2.26. The fourth-order valence-electron chi connectivity index (χ4n) is 3.87. The number of phenols is 1. The standard InChI is InChI=1S/C27H37NO3S/c1-26(2,3)21-16-20(17-22(25(21)30)27(4,5)6)32-14-8-7-13-31-19-10-11-23-18(15-19)9-12-24(29)28-23/h10-11,15-17,30H,7-9,12-14H2,1-6H3,(H,28,29). The van der Waals surface area contributed by atoms with E-state index < -0.39 is 0 Å². The van der Waals surface area contributed by atoms with Gasteiger partial charge in [-0.05, 0) is 71.7 Å². The fourth-order valence-corrected chi connectivity index (χ4v) is 4.85. The molecule has 1 heterocycles. The van der Waals surface area contributed by atoms with Crippen LogP contribution in [0.1, 0.15) is 77.5 Å². The van der Waals surface area contributed by atoms with Crippen LogP contribution in [0, 0.1) is 0 Å². The van der Waals surface area contributed by atoms with Gasteiger partial charge in [0.25, 0.3) is 0 Å². The highest BCUT2D eigenvalue weighted by atomic mass is 32.2. The first-order chi connectivity index (χ1) is 14.9. The number of phenolic OH excluding ortho intramolecular Hbond substituents is 1. The number of anilines is 1. The summed E-state index contributed by atoms with van der Waals surface area (Å²) in [5.41, 5.74) is 3.87. The number of carbonyl (C=O) groups is 1. The predicted molar refractivity (Wildman–Crippen MR) is 134 cm³/mol. The topological polar surface area (TPSA) is 58.6 Å². The molecule has 0 saturated carbocycles. The average Bonchev–Trinajstić information content (AvgIpc) is 2.69. The number of aromatic hydroxyl groups is 1. The maximum Gasteiger partial charge on any atom is 0.224 e. The molecule has 4 nitrogen and oxygen atoms in total. The van der Waals surface area contributed by atoms with Gasteiger partial charge >= 0.3 is 0 Å². The van der Waals surface area contributed by atoms with E-state index in [0.29, 0.717) is 18.8 Å². The minimum Gasteiger partial charge on any atom is -0.507 e. The number of ether oxygens (including phenoxy) is 1. The van der Waals surface area contributed by atoms with Crippen molar-refractivity contribution in [2.45, 2.75) is 83.0 Å². The van der Waals surface area contributed by atoms with Crippen molar-refractivity contribution >= 4 is 23.4 Å². The molecule has 0 spiro atoms. The Balaban J connectivity index is 1.52. The molecule has 2 N–H and O–H groups in total. The maximum atomic E-state index is 11.5. The summed E-state index contributed by atoms with van der Waals surface area (Å²) in [6, 6.07) is 10.2. The molecule has 0 saturated heterocycles. The number of rotatable bonds is 7. The molecule has 0 aromatic heterocycles. The fraction of sp³-hybridized carbons (Fsp3) is 0.519. The molecule has 0 fully saturated rings. The van der Waals surface area contributed by atoms with Crippen molar-refractivity contribution in [3.63, 3.8) is 0 Å². The van der Waals surface area contributed by atoms with Crippen molar-refractivity contribution < 1.29 is 14.6 Å². The second-order valence-electron chi connectivity index (χ2n) is 10.6. The van der Waals surface area contributed by atoms with Gasteiger partial charge in [-0.15, -0.1) is 11.8 Å². The molecule has 1 amide bonds. The first kappa shape index (κ1) is 24.5. The number of hydrogen-bond donors (Lipinski definition) is 2. The molecule has 0 aliphatic carbocycles. The van der Waals surface area contributed by atoms with Crippen LogP contribution in [-0.4, -0.2) is 23.4 Å². The monoisotopic (exact) mass is 455 g/mol. The molecule has 1 aliphatic rings. The SMILES string of the molecule is CC(C)(C)c1cc(SCCCCOc2ccc3c(c2)CCC(=O)N3)cc(C(C)(C)C)c1O. The van der Waals surface area contributed by atoms with Gasteiger partial charge < -0.3 is 15.2 Å². The van der Waals surface area contributed by atoms with E-state index in [-0.39, 0.29) is 16.7 Å². The zero-order chi connectivity index (χ0) is 23.5. The number of hydrogen-bond acceptors (Lipinski definition) is 4. The van der Waals surface area contributed by atoms with Crippen LogP contribution in [0.15, 0.2) is 35.2 Å². The van der Waals surface area contributed by atoms with Crippen molar-refractivity contribution in [3.05, 3.63) is 47.0 Å². The second-order valence-corrected chi connectivity index (χ2v) is 11.8. The molecule has 0 atom stereocenters. The average molecular weight is 456 g/mol. The van der Waals surface area contributed by atoms with Gasteiger partial charge in [-0.3, -0.25) is 4.79 Å². The van der Waals surface area contributed by atoms with Crippen LogP contribution < -0.4 is 10.1 Å². The summed E-state index contributed by atoms with van der Waals surface area (Å²) in [4.78, 5) is 12.7. The first-order valence-corrected chi connectivity index (χ1v) is 12.5. The van der Waals surface area contributed by atoms with Crippen LogP contribution in [0.5, 0.6) is 11.5 Å². The number of unbranched alkanes of at least 4 members (excludes halogenated alkanes) is 1. The largest absolute Gasteiger partial charge is 0.507 e. The Bertz CT molecular complexity index is 935. The molecular weight excluding hydrogens is 418 g/mol. The van der Waals surface area contributed by atoms with Crippen LogP contribution in [0.4, 0.5) is 5.69 Å². The molecular formula is C27H37NO3S.